The number of hydrogen-bond acceptors (Lipinski definition) is 4. The molecule has 0 amide bonds. The lowest BCUT2D eigenvalue weighted by molar-refractivity contribution is 0.232. The van der Waals surface area contributed by atoms with Crippen LogP contribution < -0.4 is 14.4 Å². The molecule has 0 aliphatic carbocycles. The van der Waals surface area contributed by atoms with Gasteiger partial charge in [0.25, 0.3) is 0 Å². The van der Waals surface area contributed by atoms with E-state index in [9.17, 15) is 0 Å². The molecule has 0 N–H and O–H groups in total. The van der Waals surface area contributed by atoms with Gasteiger partial charge in [-0.25, -0.2) is 0 Å². The Balaban J connectivity index is 1.22. The minimum Gasteiger partial charge on any atom is -0.497 e. The predicted molar refractivity (Wildman–Crippen MR) is 130 cm³/mol. The van der Waals surface area contributed by atoms with Gasteiger partial charge >= 0.3 is 0 Å². The van der Waals surface area contributed by atoms with Gasteiger partial charge in [0.2, 0.25) is 0 Å². The SMILES string of the molecule is COc1cccc(N2CCN(CCCC3(c4ccccc4)COc4ccccc43)CC2)c1. The Hall–Kier alpha value is -2.98. The van der Waals surface area contributed by atoms with Crippen molar-refractivity contribution in [1.82, 2.24) is 4.90 Å². The monoisotopic (exact) mass is 428 g/mol. The second-order valence-electron chi connectivity index (χ2n) is 8.87. The quantitative estimate of drug-likeness (QED) is 0.530. The molecule has 1 saturated heterocycles. The highest BCUT2D eigenvalue weighted by atomic mass is 16.5. The summed E-state index contributed by atoms with van der Waals surface area (Å²) in [4.78, 5) is 5.07. The first-order valence-electron chi connectivity index (χ1n) is 11.7. The summed E-state index contributed by atoms with van der Waals surface area (Å²) >= 11 is 0. The molecule has 2 aliphatic rings. The van der Waals surface area contributed by atoms with Crippen molar-refractivity contribution in [2.45, 2.75) is 18.3 Å². The number of para-hydroxylation sites is 1. The van der Waals surface area contributed by atoms with Crippen molar-refractivity contribution in [3.63, 3.8) is 0 Å². The van der Waals surface area contributed by atoms with Gasteiger partial charge in [0.05, 0.1) is 12.5 Å². The second kappa shape index (κ2) is 9.25. The third-order valence-corrected chi connectivity index (χ3v) is 7.07. The summed E-state index contributed by atoms with van der Waals surface area (Å²) in [6, 6.07) is 27.9. The van der Waals surface area contributed by atoms with E-state index < -0.39 is 0 Å². The average Bonchev–Trinajstić information content (AvgIpc) is 3.25. The highest BCUT2D eigenvalue weighted by molar-refractivity contribution is 5.52. The molecule has 0 spiro atoms. The van der Waals surface area contributed by atoms with Crippen LogP contribution in [0.15, 0.2) is 78.9 Å². The largest absolute Gasteiger partial charge is 0.497 e. The van der Waals surface area contributed by atoms with Crippen LogP contribution in [0.5, 0.6) is 11.5 Å². The lowest BCUT2D eigenvalue weighted by Gasteiger charge is -2.37. The van der Waals surface area contributed by atoms with Crippen molar-refractivity contribution < 1.29 is 9.47 Å². The zero-order valence-corrected chi connectivity index (χ0v) is 18.9. The Kier molecular flexibility index (Phi) is 6.04. The van der Waals surface area contributed by atoms with Crippen molar-refractivity contribution >= 4 is 5.69 Å². The van der Waals surface area contributed by atoms with Gasteiger partial charge in [0.1, 0.15) is 18.1 Å². The molecule has 0 radical (unpaired) electrons. The van der Waals surface area contributed by atoms with Crippen molar-refractivity contribution in [2.75, 3.05) is 51.3 Å². The van der Waals surface area contributed by atoms with E-state index in [4.69, 9.17) is 9.47 Å². The summed E-state index contributed by atoms with van der Waals surface area (Å²) < 4.78 is 11.6. The van der Waals surface area contributed by atoms with Crippen LogP contribution >= 0.6 is 0 Å². The van der Waals surface area contributed by atoms with Gasteiger partial charge in [-0.2, -0.15) is 0 Å². The van der Waals surface area contributed by atoms with Crippen LogP contribution in [0.3, 0.4) is 0 Å². The minimum absolute atomic E-state index is 0.0414. The van der Waals surface area contributed by atoms with E-state index in [0.29, 0.717) is 0 Å². The number of rotatable bonds is 7. The van der Waals surface area contributed by atoms with Crippen LogP contribution in [0.25, 0.3) is 0 Å². The average molecular weight is 429 g/mol. The molecular weight excluding hydrogens is 396 g/mol. The molecule has 3 aromatic carbocycles. The van der Waals surface area contributed by atoms with E-state index in [1.54, 1.807) is 7.11 Å². The fourth-order valence-corrected chi connectivity index (χ4v) is 5.26. The van der Waals surface area contributed by atoms with Crippen LogP contribution in [-0.4, -0.2) is 51.3 Å². The molecule has 1 fully saturated rings. The van der Waals surface area contributed by atoms with Crippen molar-refractivity contribution in [2.24, 2.45) is 0 Å². The van der Waals surface area contributed by atoms with Crippen LogP contribution in [0.2, 0.25) is 0 Å². The van der Waals surface area contributed by atoms with Gasteiger partial charge in [0.15, 0.2) is 0 Å². The molecule has 2 aliphatic heterocycles. The summed E-state index contributed by atoms with van der Waals surface area (Å²) in [5.41, 5.74) is 3.92. The molecule has 2 heterocycles. The third-order valence-electron chi connectivity index (χ3n) is 7.07. The fourth-order valence-electron chi connectivity index (χ4n) is 5.26. The first-order valence-corrected chi connectivity index (χ1v) is 11.7. The third kappa shape index (κ3) is 4.07. The topological polar surface area (TPSA) is 24.9 Å². The molecule has 0 aromatic heterocycles. The van der Waals surface area contributed by atoms with Gasteiger partial charge < -0.3 is 14.4 Å². The van der Waals surface area contributed by atoms with Crippen LogP contribution in [0.4, 0.5) is 5.69 Å². The van der Waals surface area contributed by atoms with Crippen molar-refractivity contribution in [1.29, 1.82) is 0 Å². The number of ether oxygens (including phenoxy) is 2. The molecular formula is C28H32N2O2. The lowest BCUT2D eigenvalue weighted by atomic mass is 9.73. The summed E-state index contributed by atoms with van der Waals surface area (Å²) in [6.45, 7) is 6.18. The Labute approximate surface area is 191 Å². The van der Waals surface area contributed by atoms with Gasteiger partial charge in [-0.1, -0.05) is 54.6 Å². The Morgan fingerprint density at radius 1 is 0.875 bits per heavy atom. The maximum absolute atomic E-state index is 6.16. The molecule has 4 heteroatoms. The highest BCUT2D eigenvalue weighted by Gasteiger charge is 2.41. The maximum Gasteiger partial charge on any atom is 0.123 e. The first-order chi connectivity index (χ1) is 15.8. The molecule has 3 aromatic rings. The summed E-state index contributed by atoms with van der Waals surface area (Å²) in [5.74, 6) is 1.97. The summed E-state index contributed by atoms with van der Waals surface area (Å²) in [5, 5.41) is 0. The van der Waals surface area contributed by atoms with E-state index in [0.717, 1.165) is 63.7 Å². The Morgan fingerprint density at radius 2 is 1.66 bits per heavy atom. The molecule has 1 unspecified atom stereocenters. The van der Waals surface area contributed by atoms with E-state index in [1.165, 1.54) is 16.8 Å². The molecule has 1 atom stereocenters. The van der Waals surface area contributed by atoms with Crippen molar-refractivity contribution in [3.05, 3.63) is 90.0 Å². The zero-order chi connectivity index (χ0) is 21.8. The number of benzene rings is 3. The van der Waals surface area contributed by atoms with E-state index >= 15 is 0 Å². The molecule has 166 valence electrons. The fraction of sp³-hybridized carbons (Fsp3) is 0.357. The van der Waals surface area contributed by atoms with E-state index in [1.807, 2.05) is 6.07 Å². The van der Waals surface area contributed by atoms with Gasteiger partial charge in [-0.05, 0) is 43.1 Å². The van der Waals surface area contributed by atoms with Crippen molar-refractivity contribution in [3.8, 4) is 11.5 Å². The van der Waals surface area contributed by atoms with E-state index in [-0.39, 0.29) is 5.41 Å². The maximum atomic E-state index is 6.16. The number of anilines is 1. The zero-order valence-electron chi connectivity index (χ0n) is 18.9. The first kappa shape index (κ1) is 20.9. The smallest absolute Gasteiger partial charge is 0.123 e. The van der Waals surface area contributed by atoms with Crippen LogP contribution in [0.1, 0.15) is 24.0 Å². The van der Waals surface area contributed by atoms with Crippen LogP contribution in [-0.2, 0) is 5.41 Å². The second-order valence-corrected chi connectivity index (χ2v) is 8.87. The van der Waals surface area contributed by atoms with Gasteiger partial charge in [-0.3, -0.25) is 4.90 Å². The Morgan fingerprint density at radius 3 is 2.47 bits per heavy atom. The number of piperazine rings is 1. The Bertz CT molecular complexity index is 1030. The number of hydrogen-bond donors (Lipinski definition) is 0. The number of nitrogens with zero attached hydrogens (tertiary/aromatic N) is 2. The molecule has 5 rings (SSSR count). The molecule has 0 saturated carbocycles. The van der Waals surface area contributed by atoms with Gasteiger partial charge in [-0.15, -0.1) is 0 Å². The van der Waals surface area contributed by atoms with Gasteiger partial charge in [0, 0.05) is 43.5 Å². The summed E-state index contributed by atoms with van der Waals surface area (Å²) in [7, 11) is 1.73. The normalized spacial score (nSPS) is 20.6. The lowest BCUT2D eigenvalue weighted by Crippen LogP contribution is -2.46. The molecule has 4 nitrogen and oxygen atoms in total. The minimum atomic E-state index is -0.0414. The standard InChI is InChI=1S/C28H32N2O2/c1-31-25-12-7-11-24(21-25)30-19-17-29(18-20-30)16-8-15-28(23-9-3-2-4-10-23)22-32-27-14-6-5-13-26(27)28/h2-7,9-14,21H,8,15-20,22H2,1H3. The van der Waals surface area contributed by atoms with E-state index in [2.05, 4.69) is 82.6 Å². The predicted octanol–water partition coefficient (Wildman–Crippen LogP) is 4.98. The molecule has 32 heavy (non-hydrogen) atoms. The summed E-state index contributed by atoms with van der Waals surface area (Å²) in [6.07, 6.45) is 2.26. The number of fused-ring (bicyclic) bond motifs is 1. The number of methoxy groups -OCH3 is 1. The van der Waals surface area contributed by atoms with Crippen LogP contribution in [0, 0.1) is 0 Å². The highest BCUT2D eigenvalue weighted by Crippen LogP contribution is 2.46. The molecule has 0 bridgehead atoms.